The predicted octanol–water partition coefficient (Wildman–Crippen LogP) is 2.97. The summed E-state index contributed by atoms with van der Waals surface area (Å²) in [5.74, 6) is -1.17. The molecule has 0 spiro atoms. The molecule has 2 rings (SSSR count). The topological polar surface area (TPSA) is 55.8 Å². The smallest absolute Gasteiger partial charge is 0.325 e. The molecule has 1 amide bonds. The number of nitrogens with zero attached hydrogens (tertiary/aromatic N) is 1. The fraction of sp³-hybridized carbons (Fsp3) is 0.300. The Balaban J connectivity index is 2.13. The van der Waals surface area contributed by atoms with Gasteiger partial charge in [0, 0.05) is 6.54 Å². The Morgan fingerprint density at radius 1 is 1.08 bits per heavy atom. The van der Waals surface area contributed by atoms with Crippen LogP contribution < -0.4 is 4.74 Å². The van der Waals surface area contributed by atoms with E-state index in [-0.39, 0.29) is 37.8 Å². The van der Waals surface area contributed by atoms with Gasteiger partial charge in [-0.25, -0.2) is 4.39 Å². The highest BCUT2D eigenvalue weighted by atomic mass is 19.1. The third-order valence-corrected chi connectivity index (χ3v) is 3.77. The summed E-state index contributed by atoms with van der Waals surface area (Å²) in [5, 5.41) is 0. The van der Waals surface area contributed by atoms with Gasteiger partial charge in [-0.05, 0) is 30.2 Å². The Kier molecular flexibility index (Phi) is 7.14. The first kappa shape index (κ1) is 19.4. The fourth-order valence-electron chi connectivity index (χ4n) is 2.50. The monoisotopic (exact) mass is 359 g/mol. The third-order valence-electron chi connectivity index (χ3n) is 3.77. The number of halogens is 1. The molecule has 0 aliphatic carbocycles. The number of hydrogen-bond donors (Lipinski definition) is 0. The first-order chi connectivity index (χ1) is 12.5. The largest absolute Gasteiger partial charge is 0.494 e. The lowest BCUT2D eigenvalue weighted by Gasteiger charge is -2.22. The van der Waals surface area contributed by atoms with Crippen LogP contribution >= 0.6 is 0 Å². The zero-order valence-corrected chi connectivity index (χ0v) is 14.9. The molecule has 138 valence electrons. The molecule has 0 atom stereocenters. The third kappa shape index (κ3) is 5.58. The molecule has 0 radical (unpaired) electrons. The molecular weight excluding hydrogens is 337 g/mol. The van der Waals surface area contributed by atoms with Crippen LogP contribution in [0.25, 0.3) is 0 Å². The van der Waals surface area contributed by atoms with Crippen LogP contribution in [0.15, 0.2) is 48.5 Å². The summed E-state index contributed by atoms with van der Waals surface area (Å²) in [6, 6.07) is 13.7. The molecule has 0 aromatic heterocycles. The van der Waals surface area contributed by atoms with E-state index in [0.29, 0.717) is 5.56 Å². The minimum atomic E-state index is -0.530. The van der Waals surface area contributed by atoms with E-state index in [2.05, 4.69) is 0 Å². The van der Waals surface area contributed by atoms with Gasteiger partial charge >= 0.3 is 5.97 Å². The zero-order chi connectivity index (χ0) is 18.9. The highest BCUT2D eigenvalue weighted by Crippen LogP contribution is 2.18. The Hall–Kier alpha value is -2.89. The van der Waals surface area contributed by atoms with Gasteiger partial charge in [0.15, 0.2) is 11.6 Å². The van der Waals surface area contributed by atoms with E-state index < -0.39 is 11.8 Å². The van der Waals surface area contributed by atoms with Crippen LogP contribution in [0.2, 0.25) is 0 Å². The molecule has 0 saturated heterocycles. The number of methoxy groups -OCH3 is 1. The summed E-state index contributed by atoms with van der Waals surface area (Å²) in [5.41, 5.74) is 1.40. The van der Waals surface area contributed by atoms with Gasteiger partial charge in [-0.15, -0.1) is 0 Å². The van der Waals surface area contributed by atoms with E-state index in [9.17, 15) is 14.0 Å². The summed E-state index contributed by atoms with van der Waals surface area (Å²) < 4.78 is 23.7. The van der Waals surface area contributed by atoms with E-state index in [0.717, 1.165) is 5.56 Å². The number of amides is 1. The molecule has 0 unspecified atom stereocenters. The minimum Gasteiger partial charge on any atom is -0.494 e. The van der Waals surface area contributed by atoms with Gasteiger partial charge in [0.05, 0.1) is 20.1 Å². The van der Waals surface area contributed by atoms with Crippen molar-refractivity contribution in [3.63, 3.8) is 0 Å². The number of carbonyl (C=O) groups is 2. The van der Waals surface area contributed by atoms with Crippen LogP contribution in [-0.2, 0) is 27.3 Å². The van der Waals surface area contributed by atoms with E-state index >= 15 is 0 Å². The van der Waals surface area contributed by atoms with Crippen molar-refractivity contribution in [3.05, 3.63) is 65.5 Å². The van der Waals surface area contributed by atoms with Crippen molar-refractivity contribution in [1.82, 2.24) is 4.90 Å². The summed E-state index contributed by atoms with van der Waals surface area (Å²) in [6.45, 7) is 2.08. The second-order valence-corrected chi connectivity index (χ2v) is 5.69. The fourth-order valence-corrected chi connectivity index (χ4v) is 2.50. The molecule has 0 aliphatic heterocycles. The number of ether oxygens (including phenoxy) is 2. The van der Waals surface area contributed by atoms with E-state index in [1.54, 1.807) is 13.0 Å². The molecule has 0 fully saturated rings. The number of rotatable bonds is 8. The SMILES string of the molecule is CCOC(=O)CN(Cc1ccccc1)C(=O)Cc1ccc(OC)c(F)c1. The van der Waals surface area contributed by atoms with Crippen molar-refractivity contribution in [2.75, 3.05) is 20.3 Å². The highest BCUT2D eigenvalue weighted by molar-refractivity contribution is 5.83. The maximum absolute atomic E-state index is 13.8. The lowest BCUT2D eigenvalue weighted by Crippen LogP contribution is -2.37. The summed E-state index contributed by atoms with van der Waals surface area (Å²) >= 11 is 0. The van der Waals surface area contributed by atoms with Crippen molar-refractivity contribution in [3.8, 4) is 5.75 Å². The average Bonchev–Trinajstić information content (AvgIpc) is 2.62. The van der Waals surface area contributed by atoms with Gasteiger partial charge in [-0.3, -0.25) is 9.59 Å². The van der Waals surface area contributed by atoms with Crippen LogP contribution in [0.5, 0.6) is 5.75 Å². The van der Waals surface area contributed by atoms with Crippen molar-refractivity contribution < 1.29 is 23.5 Å². The summed E-state index contributed by atoms with van der Waals surface area (Å²) in [6.07, 6.45) is -0.0207. The number of esters is 1. The normalized spacial score (nSPS) is 10.3. The van der Waals surface area contributed by atoms with Crippen LogP contribution in [0.3, 0.4) is 0 Å². The Morgan fingerprint density at radius 3 is 2.42 bits per heavy atom. The highest BCUT2D eigenvalue weighted by Gasteiger charge is 2.19. The van der Waals surface area contributed by atoms with Gasteiger partial charge in [0.25, 0.3) is 0 Å². The standard InChI is InChI=1S/C20H22FNO4/c1-3-26-20(24)14-22(13-15-7-5-4-6-8-15)19(23)12-16-9-10-18(25-2)17(21)11-16/h4-11H,3,12-14H2,1-2H3. The minimum absolute atomic E-state index is 0.0207. The number of carbonyl (C=O) groups excluding carboxylic acids is 2. The Bertz CT molecular complexity index is 749. The average molecular weight is 359 g/mol. The molecule has 2 aromatic carbocycles. The Labute approximate surface area is 152 Å². The molecule has 5 nitrogen and oxygen atoms in total. The first-order valence-electron chi connectivity index (χ1n) is 8.33. The quantitative estimate of drug-likeness (QED) is 0.680. The van der Waals surface area contributed by atoms with Crippen LogP contribution in [-0.4, -0.2) is 37.0 Å². The molecule has 0 N–H and O–H groups in total. The predicted molar refractivity (Wildman–Crippen MR) is 95.1 cm³/mol. The van der Waals surface area contributed by atoms with Gasteiger partial charge in [-0.2, -0.15) is 0 Å². The maximum Gasteiger partial charge on any atom is 0.325 e. The molecule has 0 bridgehead atoms. The molecule has 0 saturated carbocycles. The number of benzene rings is 2. The van der Waals surface area contributed by atoms with Gasteiger partial charge < -0.3 is 14.4 Å². The molecule has 0 aliphatic rings. The second-order valence-electron chi connectivity index (χ2n) is 5.69. The van der Waals surface area contributed by atoms with Gasteiger partial charge in [-0.1, -0.05) is 36.4 Å². The van der Waals surface area contributed by atoms with E-state index in [1.807, 2.05) is 30.3 Å². The number of hydrogen-bond acceptors (Lipinski definition) is 4. The first-order valence-corrected chi connectivity index (χ1v) is 8.33. The summed E-state index contributed by atoms with van der Waals surface area (Å²) in [7, 11) is 1.38. The van der Waals surface area contributed by atoms with Crippen LogP contribution in [0.1, 0.15) is 18.1 Å². The van der Waals surface area contributed by atoms with Crippen LogP contribution in [0.4, 0.5) is 4.39 Å². The van der Waals surface area contributed by atoms with Crippen molar-refractivity contribution >= 4 is 11.9 Å². The maximum atomic E-state index is 13.8. The molecule has 26 heavy (non-hydrogen) atoms. The van der Waals surface area contributed by atoms with E-state index in [4.69, 9.17) is 9.47 Å². The second kappa shape index (κ2) is 9.56. The molecule has 2 aromatic rings. The van der Waals surface area contributed by atoms with Crippen molar-refractivity contribution in [1.29, 1.82) is 0 Å². The lowest BCUT2D eigenvalue weighted by atomic mass is 10.1. The summed E-state index contributed by atoms with van der Waals surface area (Å²) in [4.78, 5) is 25.9. The van der Waals surface area contributed by atoms with Crippen molar-refractivity contribution in [2.24, 2.45) is 0 Å². The molecule has 0 heterocycles. The van der Waals surface area contributed by atoms with E-state index in [1.165, 1.54) is 24.1 Å². The van der Waals surface area contributed by atoms with Crippen molar-refractivity contribution in [2.45, 2.75) is 19.9 Å². The van der Waals surface area contributed by atoms with Gasteiger partial charge in [0.2, 0.25) is 5.91 Å². The van der Waals surface area contributed by atoms with Crippen LogP contribution in [0, 0.1) is 5.82 Å². The van der Waals surface area contributed by atoms with Gasteiger partial charge in [0.1, 0.15) is 6.54 Å². The molecular formula is C20H22FNO4. The zero-order valence-electron chi connectivity index (χ0n) is 14.9. The Morgan fingerprint density at radius 2 is 1.81 bits per heavy atom. The lowest BCUT2D eigenvalue weighted by molar-refractivity contribution is -0.149. The molecule has 6 heteroatoms.